The first kappa shape index (κ1) is 15.9. The van der Waals surface area contributed by atoms with Gasteiger partial charge in [0.05, 0.1) is 10.4 Å². The fourth-order valence-electron chi connectivity index (χ4n) is 3.03. The molecular weight excluding hydrogens is 332 g/mol. The van der Waals surface area contributed by atoms with Crippen molar-refractivity contribution in [3.63, 3.8) is 0 Å². The fourth-order valence-corrected chi connectivity index (χ4v) is 3.81. The number of carbonyl (C=O) groups is 1. The molecule has 1 aromatic carbocycles. The molecule has 1 unspecified atom stereocenters. The summed E-state index contributed by atoms with van der Waals surface area (Å²) in [7, 11) is 1.68. The zero-order valence-electron chi connectivity index (χ0n) is 13.8. The van der Waals surface area contributed by atoms with Crippen LogP contribution in [0.2, 0.25) is 0 Å². The van der Waals surface area contributed by atoms with Gasteiger partial charge in [0.25, 0.3) is 5.24 Å². The van der Waals surface area contributed by atoms with Crippen molar-refractivity contribution in [2.24, 2.45) is 10.9 Å². The Hall–Kier alpha value is -2.60. The van der Waals surface area contributed by atoms with Gasteiger partial charge in [0.1, 0.15) is 5.84 Å². The molecule has 1 saturated heterocycles. The average molecular weight is 350 g/mol. The first-order valence-electron chi connectivity index (χ1n) is 8.19. The quantitative estimate of drug-likeness (QED) is 0.910. The minimum absolute atomic E-state index is 0.0877. The molecule has 0 radical (unpaired) electrons. The van der Waals surface area contributed by atoms with Crippen molar-refractivity contribution >= 4 is 39.8 Å². The number of nitrogens with one attached hydrogen (secondary N) is 1. The van der Waals surface area contributed by atoms with E-state index in [4.69, 9.17) is 0 Å². The summed E-state index contributed by atoms with van der Waals surface area (Å²) < 4.78 is 2.02. The highest BCUT2D eigenvalue weighted by atomic mass is 32.2. The SMILES string of the molecule is CN=C1NC(=O)S/C1=C\c1ccc2nn(CC3C=CC=CC3)cc2c1. The molecule has 1 aliphatic carbocycles. The zero-order chi connectivity index (χ0) is 17.2. The summed E-state index contributed by atoms with van der Waals surface area (Å²) in [5.74, 6) is 1.12. The number of hydrogen-bond donors (Lipinski definition) is 1. The molecule has 0 bridgehead atoms. The standard InChI is InChI=1S/C19H18N4OS/c1-20-18-17(25-19(24)21-18)10-14-7-8-16-15(9-14)12-23(22-16)11-13-5-3-2-4-6-13/h2-5,7-10,12-13H,6,11H2,1H3,(H,20,21,24)/b17-10-. The summed E-state index contributed by atoms with van der Waals surface area (Å²) in [6.07, 6.45) is 13.7. The van der Waals surface area contributed by atoms with Crippen LogP contribution < -0.4 is 5.32 Å². The average Bonchev–Trinajstić information content (AvgIpc) is 3.17. The van der Waals surface area contributed by atoms with Gasteiger partial charge in [-0.2, -0.15) is 5.10 Å². The lowest BCUT2D eigenvalue weighted by Gasteiger charge is -2.12. The third kappa shape index (κ3) is 3.44. The predicted molar refractivity (Wildman–Crippen MR) is 104 cm³/mol. The van der Waals surface area contributed by atoms with Gasteiger partial charge in [0.2, 0.25) is 0 Å². The Morgan fingerprint density at radius 3 is 3.16 bits per heavy atom. The summed E-state index contributed by atoms with van der Waals surface area (Å²) in [5.41, 5.74) is 2.02. The van der Waals surface area contributed by atoms with Crippen LogP contribution >= 0.6 is 11.8 Å². The molecule has 0 saturated carbocycles. The second-order valence-electron chi connectivity index (χ2n) is 6.07. The third-order valence-electron chi connectivity index (χ3n) is 4.24. The molecule has 2 aromatic rings. The predicted octanol–water partition coefficient (Wildman–Crippen LogP) is 3.99. The van der Waals surface area contributed by atoms with Crippen molar-refractivity contribution < 1.29 is 4.79 Å². The second kappa shape index (κ2) is 6.72. The topological polar surface area (TPSA) is 59.3 Å². The number of amidine groups is 1. The largest absolute Gasteiger partial charge is 0.300 e. The highest BCUT2D eigenvalue weighted by molar-refractivity contribution is 8.18. The van der Waals surface area contributed by atoms with Gasteiger partial charge in [0.15, 0.2) is 0 Å². The Morgan fingerprint density at radius 2 is 2.36 bits per heavy atom. The molecule has 1 amide bonds. The molecule has 1 atom stereocenters. The fraction of sp³-hybridized carbons (Fsp3) is 0.211. The van der Waals surface area contributed by atoms with Crippen molar-refractivity contribution in [3.05, 3.63) is 59.2 Å². The molecule has 126 valence electrons. The summed E-state index contributed by atoms with van der Waals surface area (Å²) in [6, 6.07) is 6.14. The summed E-state index contributed by atoms with van der Waals surface area (Å²) in [4.78, 5) is 16.5. The first-order valence-corrected chi connectivity index (χ1v) is 9.01. The van der Waals surface area contributed by atoms with Crippen LogP contribution in [-0.4, -0.2) is 27.9 Å². The highest BCUT2D eigenvalue weighted by Crippen LogP contribution is 2.27. The lowest BCUT2D eigenvalue weighted by Crippen LogP contribution is -2.18. The van der Waals surface area contributed by atoms with Crippen molar-refractivity contribution in [1.82, 2.24) is 15.1 Å². The number of aliphatic imine (C=N–C) groups is 1. The number of fused-ring (bicyclic) bond motifs is 1. The van der Waals surface area contributed by atoms with Gasteiger partial charge in [-0.3, -0.25) is 14.5 Å². The van der Waals surface area contributed by atoms with Crippen LogP contribution in [0.4, 0.5) is 4.79 Å². The van der Waals surface area contributed by atoms with Crippen LogP contribution in [-0.2, 0) is 6.54 Å². The molecule has 25 heavy (non-hydrogen) atoms. The van der Waals surface area contributed by atoms with Crippen LogP contribution in [0.25, 0.3) is 17.0 Å². The molecular formula is C19H18N4OS. The minimum atomic E-state index is -0.0877. The molecule has 5 nitrogen and oxygen atoms in total. The van der Waals surface area contributed by atoms with Crippen LogP contribution in [0.1, 0.15) is 12.0 Å². The van der Waals surface area contributed by atoms with E-state index in [1.54, 1.807) is 7.05 Å². The van der Waals surface area contributed by atoms with Crippen LogP contribution in [0.5, 0.6) is 0 Å². The van der Waals surface area contributed by atoms with E-state index in [2.05, 4.69) is 52.0 Å². The Morgan fingerprint density at radius 1 is 1.44 bits per heavy atom. The van der Waals surface area contributed by atoms with Crippen LogP contribution in [0.15, 0.2) is 58.6 Å². The maximum absolute atomic E-state index is 11.5. The van der Waals surface area contributed by atoms with Gasteiger partial charge in [-0.05, 0) is 42.0 Å². The Kier molecular flexibility index (Phi) is 4.28. The van der Waals surface area contributed by atoms with E-state index in [1.807, 2.05) is 22.9 Å². The van der Waals surface area contributed by atoms with Crippen LogP contribution in [0.3, 0.4) is 0 Å². The van der Waals surface area contributed by atoms with Gasteiger partial charge in [-0.25, -0.2) is 0 Å². The lowest BCUT2D eigenvalue weighted by molar-refractivity contribution is 0.265. The van der Waals surface area contributed by atoms with E-state index < -0.39 is 0 Å². The first-order chi connectivity index (χ1) is 12.2. The van der Waals surface area contributed by atoms with Crippen molar-refractivity contribution in [2.45, 2.75) is 13.0 Å². The highest BCUT2D eigenvalue weighted by Gasteiger charge is 2.22. The van der Waals surface area contributed by atoms with E-state index in [1.165, 1.54) is 11.8 Å². The minimum Gasteiger partial charge on any atom is -0.300 e. The Balaban J connectivity index is 1.59. The smallest absolute Gasteiger partial charge is 0.289 e. The van der Waals surface area contributed by atoms with Crippen LogP contribution in [0, 0.1) is 5.92 Å². The molecule has 1 fully saturated rings. The second-order valence-corrected chi connectivity index (χ2v) is 7.09. The summed E-state index contributed by atoms with van der Waals surface area (Å²) in [6.45, 7) is 0.882. The number of aromatic nitrogens is 2. The molecule has 6 heteroatoms. The monoisotopic (exact) mass is 350 g/mol. The maximum Gasteiger partial charge on any atom is 0.289 e. The number of rotatable bonds is 3. The lowest BCUT2D eigenvalue weighted by atomic mass is 10.0. The van der Waals surface area contributed by atoms with E-state index in [0.717, 1.165) is 34.3 Å². The maximum atomic E-state index is 11.5. The van der Waals surface area contributed by atoms with Gasteiger partial charge >= 0.3 is 0 Å². The van der Waals surface area contributed by atoms with E-state index in [9.17, 15) is 4.79 Å². The molecule has 2 aliphatic rings. The summed E-state index contributed by atoms with van der Waals surface area (Å²) in [5, 5.41) is 8.41. The number of nitrogens with zero attached hydrogens (tertiary/aromatic N) is 3. The third-order valence-corrected chi connectivity index (χ3v) is 5.06. The van der Waals surface area contributed by atoms with Crippen molar-refractivity contribution in [3.8, 4) is 0 Å². The zero-order valence-corrected chi connectivity index (χ0v) is 14.7. The number of carbonyl (C=O) groups excluding carboxylic acids is 1. The summed E-state index contributed by atoms with van der Waals surface area (Å²) >= 11 is 1.17. The Bertz CT molecular complexity index is 951. The number of benzene rings is 1. The molecule has 4 rings (SSSR count). The number of thioether (sulfide) groups is 1. The normalized spacial score (nSPS) is 23.1. The number of hydrogen-bond acceptors (Lipinski definition) is 4. The van der Waals surface area contributed by atoms with E-state index in [0.29, 0.717) is 11.8 Å². The van der Waals surface area contributed by atoms with Gasteiger partial charge in [-0.15, -0.1) is 0 Å². The molecule has 1 aliphatic heterocycles. The van der Waals surface area contributed by atoms with E-state index in [-0.39, 0.29) is 5.24 Å². The molecule has 1 N–H and O–H groups in total. The van der Waals surface area contributed by atoms with Gasteiger partial charge < -0.3 is 5.32 Å². The van der Waals surface area contributed by atoms with Gasteiger partial charge in [0, 0.05) is 31.1 Å². The molecule has 0 spiro atoms. The number of allylic oxidation sites excluding steroid dienone is 4. The van der Waals surface area contributed by atoms with E-state index >= 15 is 0 Å². The Labute approximate surface area is 150 Å². The van der Waals surface area contributed by atoms with Crippen molar-refractivity contribution in [2.75, 3.05) is 7.05 Å². The van der Waals surface area contributed by atoms with Gasteiger partial charge in [-0.1, -0.05) is 30.4 Å². The number of amides is 1. The van der Waals surface area contributed by atoms with Crippen molar-refractivity contribution in [1.29, 1.82) is 0 Å². The molecule has 1 aromatic heterocycles. The molecule has 2 heterocycles.